The number of carboxylic acids is 1. The molecule has 0 heterocycles. The number of hydrogen-bond acceptors (Lipinski definition) is 5. The van der Waals surface area contributed by atoms with Crippen molar-refractivity contribution in [2.45, 2.75) is 23.7 Å². The molecule has 180 valence electrons. The van der Waals surface area contributed by atoms with E-state index in [0.717, 1.165) is 12.1 Å². The summed E-state index contributed by atoms with van der Waals surface area (Å²) in [6, 6.07) is 13.9. The molecular weight excluding hydrogens is 473 g/mol. The first-order valence-corrected chi connectivity index (χ1v) is 11.6. The molecular formula is C24H21F3O6S. The van der Waals surface area contributed by atoms with E-state index in [1.807, 2.05) is 0 Å². The summed E-state index contributed by atoms with van der Waals surface area (Å²) in [6.07, 6.45) is -4.42. The molecule has 0 amide bonds. The van der Waals surface area contributed by atoms with Gasteiger partial charge in [-0.1, -0.05) is 36.4 Å². The summed E-state index contributed by atoms with van der Waals surface area (Å²) in [6.45, 7) is 1.01. The van der Waals surface area contributed by atoms with Crippen LogP contribution in [0.5, 0.6) is 11.5 Å². The first-order chi connectivity index (χ1) is 15.9. The molecule has 3 aromatic carbocycles. The third-order valence-corrected chi connectivity index (χ3v) is 6.71. The van der Waals surface area contributed by atoms with Crippen LogP contribution in [0.3, 0.4) is 0 Å². The highest BCUT2D eigenvalue weighted by Crippen LogP contribution is 2.34. The van der Waals surface area contributed by atoms with Crippen LogP contribution >= 0.6 is 0 Å². The molecule has 0 aliphatic rings. The van der Waals surface area contributed by atoms with E-state index < -0.39 is 34.2 Å². The number of ether oxygens (including phenoxy) is 2. The van der Waals surface area contributed by atoms with Crippen LogP contribution in [0.1, 0.15) is 16.7 Å². The summed E-state index contributed by atoms with van der Waals surface area (Å²) < 4.78 is 74.8. The molecule has 0 fully saturated rings. The molecule has 0 saturated carbocycles. The maximum absolute atomic E-state index is 13.1. The van der Waals surface area contributed by atoms with Gasteiger partial charge in [-0.25, -0.2) is 13.2 Å². The molecule has 0 unspecified atom stereocenters. The van der Waals surface area contributed by atoms with Crippen molar-refractivity contribution in [3.05, 3.63) is 77.4 Å². The third-order valence-electron chi connectivity index (χ3n) is 5.00. The fraction of sp³-hybridized carbons (Fsp3) is 0.208. The molecule has 0 bridgehead atoms. The van der Waals surface area contributed by atoms with Crippen LogP contribution in [-0.2, 0) is 26.6 Å². The van der Waals surface area contributed by atoms with Gasteiger partial charge in [-0.3, -0.25) is 0 Å². The van der Waals surface area contributed by atoms with Crippen LogP contribution in [0.15, 0.2) is 65.6 Å². The summed E-state index contributed by atoms with van der Waals surface area (Å²) in [7, 11) is -2.55. The van der Waals surface area contributed by atoms with Gasteiger partial charge in [0.15, 0.2) is 16.4 Å². The maximum atomic E-state index is 13.1. The van der Waals surface area contributed by atoms with Gasteiger partial charge in [-0.2, -0.15) is 13.2 Å². The van der Waals surface area contributed by atoms with Crippen LogP contribution in [-0.4, -0.2) is 33.2 Å². The highest BCUT2D eigenvalue weighted by atomic mass is 32.2. The summed E-state index contributed by atoms with van der Waals surface area (Å²) in [5.74, 6) is -1.30. The fourth-order valence-corrected chi connectivity index (χ4v) is 4.87. The van der Waals surface area contributed by atoms with Gasteiger partial charge in [0.2, 0.25) is 0 Å². The maximum Gasteiger partial charge on any atom is 0.416 e. The minimum Gasteiger partial charge on any atom is -0.495 e. The van der Waals surface area contributed by atoms with Gasteiger partial charge in [-0.15, -0.1) is 0 Å². The lowest BCUT2D eigenvalue weighted by Gasteiger charge is -2.14. The van der Waals surface area contributed by atoms with E-state index in [1.165, 1.54) is 31.4 Å². The van der Waals surface area contributed by atoms with Gasteiger partial charge < -0.3 is 14.6 Å². The average Bonchev–Trinajstić information content (AvgIpc) is 2.77. The van der Waals surface area contributed by atoms with Crippen molar-refractivity contribution in [1.29, 1.82) is 0 Å². The van der Waals surface area contributed by atoms with Gasteiger partial charge in [0.25, 0.3) is 0 Å². The average molecular weight is 494 g/mol. The summed E-state index contributed by atoms with van der Waals surface area (Å²) in [5, 5.41) is 8.78. The number of hydrogen-bond donors (Lipinski definition) is 1. The van der Waals surface area contributed by atoms with Crippen molar-refractivity contribution in [2.24, 2.45) is 0 Å². The Morgan fingerprint density at radius 3 is 2.00 bits per heavy atom. The minimum absolute atomic E-state index is 0.0207. The Balaban J connectivity index is 1.82. The number of aryl methyl sites for hydroxylation is 1. The Kier molecular flexibility index (Phi) is 7.21. The highest BCUT2D eigenvalue weighted by molar-refractivity contribution is 7.90. The van der Waals surface area contributed by atoms with Crippen LogP contribution < -0.4 is 9.47 Å². The molecule has 10 heteroatoms. The zero-order valence-corrected chi connectivity index (χ0v) is 19.0. The zero-order chi connectivity index (χ0) is 25.1. The van der Waals surface area contributed by atoms with E-state index in [1.54, 1.807) is 31.2 Å². The number of carboxylic acid groups (broad SMARTS) is 1. The Labute approximate surface area is 194 Å². The van der Waals surface area contributed by atoms with E-state index >= 15 is 0 Å². The van der Waals surface area contributed by atoms with Crippen molar-refractivity contribution < 1.29 is 41.0 Å². The van der Waals surface area contributed by atoms with Crippen molar-refractivity contribution in [2.75, 3.05) is 13.7 Å². The van der Waals surface area contributed by atoms with Crippen molar-refractivity contribution in [1.82, 2.24) is 0 Å². The molecule has 0 atom stereocenters. The normalized spacial score (nSPS) is 11.8. The zero-order valence-electron chi connectivity index (χ0n) is 18.2. The third kappa shape index (κ3) is 5.88. The van der Waals surface area contributed by atoms with Gasteiger partial charge in [0.1, 0.15) is 16.4 Å². The second kappa shape index (κ2) is 9.76. The quantitative estimate of drug-likeness (QED) is 0.467. The lowest BCUT2D eigenvalue weighted by atomic mass is 10.0. The molecule has 0 saturated heterocycles. The van der Waals surface area contributed by atoms with E-state index in [0.29, 0.717) is 22.3 Å². The predicted octanol–water partition coefficient (Wildman–Crippen LogP) is 5.13. The van der Waals surface area contributed by atoms with Gasteiger partial charge in [-0.05, 0) is 47.4 Å². The molecule has 0 aromatic heterocycles. The van der Waals surface area contributed by atoms with Gasteiger partial charge in [0, 0.05) is 6.07 Å². The molecule has 0 spiro atoms. The monoisotopic (exact) mass is 494 g/mol. The van der Waals surface area contributed by atoms with Crippen molar-refractivity contribution in [3.8, 4) is 22.6 Å². The number of halogens is 3. The van der Waals surface area contributed by atoms with E-state index in [-0.39, 0.29) is 22.1 Å². The van der Waals surface area contributed by atoms with Gasteiger partial charge >= 0.3 is 12.1 Å². The standard InChI is InChI=1S/C24H21F3O6S/c1-15-11-22(21(32-2)12-20(15)33-13-23(28)29)34(30,31)14-16-3-5-17(6-4-16)18-7-9-19(10-8-18)24(25,26)27/h3-12H,13-14H2,1-2H3,(H,28,29). The van der Waals surface area contributed by atoms with E-state index in [2.05, 4.69) is 0 Å². The lowest BCUT2D eigenvalue weighted by Crippen LogP contribution is -2.11. The fourth-order valence-electron chi connectivity index (χ4n) is 3.28. The van der Waals surface area contributed by atoms with Crippen LogP contribution in [0.4, 0.5) is 13.2 Å². The number of rotatable bonds is 8. The topological polar surface area (TPSA) is 89.9 Å². The Hall–Kier alpha value is -3.53. The molecule has 0 radical (unpaired) electrons. The number of benzene rings is 3. The highest BCUT2D eigenvalue weighted by Gasteiger charge is 2.30. The molecule has 0 aliphatic heterocycles. The Bertz CT molecular complexity index is 1280. The first kappa shape index (κ1) is 25.1. The number of carbonyl (C=O) groups is 1. The Morgan fingerprint density at radius 2 is 1.50 bits per heavy atom. The number of aliphatic carboxylic acids is 1. The van der Waals surface area contributed by atoms with Crippen molar-refractivity contribution in [3.63, 3.8) is 0 Å². The number of methoxy groups -OCH3 is 1. The SMILES string of the molecule is COc1cc(OCC(=O)O)c(C)cc1S(=O)(=O)Cc1ccc(-c2ccc(C(F)(F)F)cc2)cc1. The lowest BCUT2D eigenvalue weighted by molar-refractivity contribution is -0.139. The minimum atomic E-state index is -4.42. The van der Waals surface area contributed by atoms with Crippen LogP contribution in [0.2, 0.25) is 0 Å². The largest absolute Gasteiger partial charge is 0.495 e. The molecule has 34 heavy (non-hydrogen) atoms. The number of sulfone groups is 1. The molecule has 1 N–H and O–H groups in total. The molecule has 6 nitrogen and oxygen atoms in total. The predicted molar refractivity (Wildman–Crippen MR) is 119 cm³/mol. The smallest absolute Gasteiger partial charge is 0.416 e. The summed E-state index contributed by atoms with van der Waals surface area (Å²) in [4.78, 5) is 10.7. The molecule has 3 aromatic rings. The Morgan fingerprint density at radius 1 is 0.941 bits per heavy atom. The summed E-state index contributed by atoms with van der Waals surface area (Å²) >= 11 is 0. The molecule has 0 aliphatic carbocycles. The van der Waals surface area contributed by atoms with E-state index in [4.69, 9.17) is 14.6 Å². The second-order valence-electron chi connectivity index (χ2n) is 7.48. The number of alkyl halides is 3. The molecule has 3 rings (SSSR count). The first-order valence-electron chi connectivity index (χ1n) is 9.93. The van der Waals surface area contributed by atoms with Crippen LogP contribution in [0.25, 0.3) is 11.1 Å². The second-order valence-corrected chi connectivity index (χ2v) is 9.44. The summed E-state index contributed by atoms with van der Waals surface area (Å²) in [5.41, 5.74) is 1.36. The van der Waals surface area contributed by atoms with Crippen LogP contribution in [0, 0.1) is 6.92 Å². The van der Waals surface area contributed by atoms with Crippen molar-refractivity contribution >= 4 is 15.8 Å². The van der Waals surface area contributed by atoms with Gasteiger partial charge in [0.05, 0.1) is 18.4 Å². The van der Waals surface area contributed by atoms with E-state index in [9.17, 15) is 26.4 Å².